The zero-order valence-corrected chi connectivity index (χ0v) is 18.5. The van der Waals surface area contributed by atoms with Gasteiger partial charge in [-0.1, -0.05) is 0 Å². The summed E-state index contributed by atoms with van der Waals surface area (Å²) in [7, 11) is 3.54. The number of anilines is 1. The molecule has 2 aliphatic heterocycles. The fourth-order valence-electron chi connectivity index (χ4n) is 3.47. The topological polar surface area (TPSA) is 63.7 Å². The predicted octanol–water partition coefficient (Wildman–Crippen LogP) is 0.626. The summed E-state index contributed by atoms with van der Waals surface area (Å²) in [5.41, 5.74) is 0. The molecule has 29 heavy (non-hydrogen) atoms. The lowest BCUT2D eigenvalue weighted by molar-refractivity contribution is -0.127. The quantitative estimate of drug-likeness (QED) is 0.395. The first kappa shape index (κ1) is 21.9. The molecule has 0 aromatic carbocycles. The predicted molar refractivity (Wildman–Crippen MR) is 119 cm³/mol. The molecule has 0 saturated carbocycles. The number of carbonyl (C=O) groups excluding carboxylic acids is 1. The Morgan fingerprint density at radius 3 is 2.62 bits per heavy atom. The van der Waals surface area contributed by atoms with Gasteiger partial charge in [-0.25, -0.2) is 4.99 Å². The third-order valence-electron chi connectivity index (χ3n) is 5.30. The molecule has 8 nitrogen and oxygen atoms in total. The van der Waals surface area contributed by atoms with Crippen LogP contribution in [0.15, 0.2) is 22.5 Å². The van der Waals surface area contributed by atoms with Gasteiger partial charge in [0.2, 0.25) is 5.91 Å². The summed E-state index contributed by atoms with van der Waals surface area (Å²) in [5.74, 6) is 0.878. The Bertz CT molecular complexity index is 637. The second-order valence-electron chi connectivity index (χ2n) is 7.59. The van der Waals surface area contributed by atoms with Gasteiger partial charge in [0.25, 0.3) is 0 Å². The zero-order valence-electron chi connectivity index (χ0n) is 17.7. The average molecular weight is 423 g/mol. The van der Waals surface area contributed by atoms with Gasteiger partial charge in [-0.05, 0) is 30.5 Å². The van der Waals surface area contributed by atoms with E-state index in [2.05, 4.69) is 42.5 Å². The fraction of sp³-hybridized carbons (Fsp3) is 0.700. The van der Waals surface area contributed by atoms with Gasteiger partial charge in [-0.15, -0.1) is 11.3 Å². The fourth-order valence-corrected chi connectivity index (χ4v) is 4.25. The highest BCUT2D eigenvalue weighted by Gasteiger charge is 2.21. The Hall–Kier alpha value is -1.84. The largest absolute Gasteiger partial charge is 0.379 e. The molecule has 0 aliphatic carbocycles. The number of piperazine rings is 1. The van der Waals surface area contributed by atoms with Gasteiger partial charge >= 0.3 is 0 Å². The third-order valence-corrected chi connectivity index (χ3v) is 6.23. The standard InChI is InChI=1S/C20H34N6O2S/c1-23(2)18(27)17-22-20(21-6-4-7-24-12-14-28-15-13-24)26-10-8-25(9-11-26)19-5-3-16-29-19/h3,5,16H,4,6-15,17H2,1-2H3,(H,21,22). The van der Waals surface area contributed by atoms with Crippen LogP contribution in [0.2, 0.25) is 0 Å². The van der Waals surface area contributed by atoms with Gasteiger partial charge < -0.3 is 24.8 Å². The van der Waals surface area contributed by atoms with Gasteiger partial charge in [-0.2, -0.15) is 0 Å². The maximum absolute atomic E-state index is 12.0. The van der Waals surface area contributed by atoms with Crippen LogP contribution in [0.3, 0.4) is 0 Å². The minimum Gasteiger partial charge on any atom is -0.379 e. The molecule has 3 rings (SSSR count). The van der Waals surface area contributed by atoms with Gasteiger partial charge in [0.15, 0.2) is 5.96 Å². The maximum atomic E-state index is 12.0. The van der Waals surface area contributed by atoms with Crippen molar-refractivity contribution in [2.45, 2.75) is 6.42 Å². The van der Waals surface area contributed by atoms with Crippen LogP contribution in [0, 0.1) is 0 Å². The zero-order chi connectivity index (χ0) is 20.5. The summed E-state index contributed by atoms with van der Waals surface area (Å²) >= 11 is 1.78. The van der Waals surface area contributed by atoms with Crippen LogP contribution in [0.4, 0.5) is 5.00 Å². The van der Waals surface area contributed by atoms with E-state index < -0.39 is 0 Å². The van der Waals surface area contributed by atoms with Gasteiger partial charge in [-0.3, -0.25) is 9.69 Å². The Kier molecular flexibility index (Phi) is 8.57. The molecule has 0 unspecified atom stereocenters. The number of nitrogens with zero attached hydrogens (tertiary/aromatic N) is 5. The number of hydrogen-bond acceptors (Lipinski definition) is 6. The number of likely N-dealkylation sites (N-methyl/N-ethyl adjacent to an activating group) is 1. The minimum absolute atomic E-state index is 0.0230. The molecule has 0 atom stereocenters. The first-order valence-corrected chi connectivity index (χ1v) is 11.3. The van der Waals surface area contributed by atoms with Crippen LogP contribution in [-0.4, -0.2) is 113 Å². The molecule has 1 amide bonds. The van der Waals surface area contributed by atoms with Gasteiger partial charge in [0.1, 0.15) is 6.54 Å². The second kappa shape index (κ2) is 11.4. The van der Waals surface area contributed by atoms with Crippen molar-refractivity contribution >= 4 is 28.2 Å². The molecule has 2 fully saturated rings. The second-order valence-corrected chi connectivity index (χ2v) is 8.51. The van der Waals surface area contributed by atoms with E-state index >= 15 is 0 Å². The summed E-state index contributed by atoms with van der Waals surface area (Å²) in [5, 5.41) is 6.95. The number of thiophene rings is 1. The first-order chi connectivity index (χ1) is 14.1. The molecule has 0 spiro atoms. The number of amides is 1. The van der Waals surface area contributed by atoms with Crippen molar-refractivity contribution in [1.82, 2.24) is 20.0 Å². The van der Waals surface area contributed by atoms with Crippen LogP contribution in [0.5, 0.6) is 0 Å². The number of morpholine rings is 1. The van der Waals surface area contributed by atoms with Crippen LogP contribution < -0.4 is 10.2 Å². The number of guanidine groups is 1. The number of ether oxygens (including phenoxy) is 1. The van der Waals surface area contributed by atoms with Crippen LogP contribution >= 0.6 is 11.3 Å². The third kappa shape index (κ3) is 6.87. The minimum atomic E-state index is 0.0230. The van der Waals surface area contributed by atoms with Gasteiger partial charge in [0.05, 0.1) is 18.2 Å². The van der Waals surface area contributed by atoms with E-state index in [0.717, 1.165) is 78.0 Å². The van der Waals surface area contributed by atoms with E-state index in [1.165, 1.54) is 5.00 Å². The Morgan fingerprint density at radius 2 is 1.97 bits per heavy atom. The molecule has 2 aliphatic rings. The molecule has 1 N–H and O–H groups in total. The number of carbonyl (C=O) groups is 1. The Morgan fingerprint density at radius 1 is 1.21 bits per heavy atom. The monoisotopic (exact) mass is 422 g/mol. The van der Waals surface area contributed by atoms with Crippen molar-refractivity contribution in [3.8, 4) is 0 Å². The summed E-state index contributed by atoms with van der Waals surface area (Å²) in [6.45, 7) is 9.56. The molecule has 0 bridgehead atoms. The van der Waals surface area contributed by atoms with Crippen LogP contribution in [-0.2, 0) is 9.53 Å². The summed E-state index contributed by atoms with van der Waals surface area (Å²) in [6, 6.07) is 4.27. The van der Waals surface area contributed by atoms with E-state index in [9.17, 15) is 4.79 Å². The molecule has 0 radical (unpaired) electrons. The van der Waals surface area contributed by atoms with Crippen molar-refractivity contribution < 1.29 is 9.53 Å². The van der Waals surface area contributed by atoms with Crippen molar-refractivity contribution in [3.63, 3.8) is 0 Å². The lowest BCUT2D eigenvalue weighted by atomic mass is 10.3. The number of hydrogen-bond donors (Lipinski definition) is 1. The summed E-state index contributed by atoms with van der Waals surface area (Å²) in [4.78, 5) is 25.4. The number of aliphatic imine (C=N–C) groups is 1. The first-order valence-electron chi connectivity index (χ1n) is 10.5. The Labute approximate surface area is 178 Å². The molecular formula is C20H34N6O2S. The van der Waals surface area contributed by atoms with Crippen molar-refractivity contribution in [2.24, 2.45) is 4.99 Å². The van der Waals surface area contributed by atoms with Crippen LogP contribution in [0.25, 0.3) is 0 Å². The maximum Gasteiger partial charge on any atom is 0.243 e. The number of nitrogens with one attached hydrogen (secondary N) is 1. The summed E-state index contributed by atoms with van der Waals surface area (Å²) < 4.78 is 5.41. The summed E-state index contributed by atoms with van der Waals surface area (Å²) in [6.07, 6.45) is 1.05. The van der Waals surface area contributed by atoms with E-state index in [1.54, 1.807) is 30.3 Å². The normalized spacial score (nSPS) is 18.8. The highest BCUT2D eigenvalue weighted by atomic mass is 32.1. The van der Waals surface area contributed by atoms with Crippen molar-refractivity contribution in [3.05, 3.63) is 17.5 Å². The highest BCUT2D eigenvalue weighted by molar-refractivity contribution is 7.14. The number of rotatable bonds is 7. The molecule has 9 heteroatoms. The van der Waals surface area contributed by atoms with Crippen molar-refractivity contribution in [2.75, 3.05) is 91.1 Å². The van der Waals surface area contributed by atoms with Crippen molar-refractivity contribution in [1.29, 1.82) is 0 Å². The highest BCUT2D eigenvalue weighted by Crippen LogP contribution is 2.22. The SMILES string of the molecule is CN(C)C(=O)CN=C(NCCCN1CCOCC1)N1CCN(c2cccs2)CC1. The van der Waals surface area contributed by atoms with E-state index in [0.29, 0.717) is 0 Å². The Balaban J connectivity index is 1.50. The smallest absolute Gasteiger partial charge is 0.243 e. The molecule has 2 saturated heterocycles. The molecule has 1 aromatic heterocycles. The molecule has 3 heterocycles. The van der Waals surface area contributed by atoms with E-state index in [-0.39, 0.29) is 12.5 Å². The molecular weight excluding hydrogens is 388 g/mol. The lowest BCUT2D eigenvalue weighted by Crippen LogP contribution is -2.53. The average Bonchev–Trinajstić information content (AvgIpc) is 3.29. The lowest BCUT2D eigenvalue weighted by Gasteiger charge is -2.37. The van der Waals surface area contributed by atoms with E-state index in [4.69, 9.17) is 4.74 Å². The van der Waals surface area contributed by atoms with Crippen LogP contribution in [0.1, 0.15) is 6.42 Å². The van der Waals surface area contributed by atoms with E-state index in [1.807, 2.05) is 0 Å². The van der Waals surface area contributed by atoms with Gasteiger partial charge in [0, 0.05) is 59.9 Å². The molecule has 162 valence electrons. The molecule has 1 aromatic rings.